The minimum absolute atomic E-state index is 0.0989. The molecule has 4 rings (SSSR count). The van der Waals surface area contributed by atoms with Crippen molar-refractivity contribution in [2.45, 2.75) is 19.4 Å². The minimum atomic E-state index is -0.252. The van der Waals surface area contributed by atoms with Crippen molar-refractivity contribution in [2.75, 3.05) is 25.1 Å². The molecule has 1 aliphatic heterocycles. The number of hydrogen-bond donors (Lipinski definition) is 1. The lowest BCUT2D eigenvalue weighted by Crippen LogP contribution is -2.29. The largest absolute Gasteiger partial charge is 0.490 e. The van der Waals surface area contributed by atoms with Gasteiger partial charge in [0.15, 0.2) is 11.5 Å². The highest BCUT2D eigenvalue weighted by atomic mass is 35.5. The van der Waals surface area contributed by atoms with Crippen LogP contribution in [0.4, 0.5) is 5.95 Å². The van der Waals surface area contributed by atoms with Gasteiger partial charge in [-0.1, -0.05) is 17.7 Å². The Kier molecular flexibility index (Phi) is 6.04. The molecule has 0 saturated carbocycles. The van der Waals surface area contributed by atoms with Gasteiger partial charge in [-0.05, 0) is 48.9 Å². The van der Waals surface area contributed by atoms with E-state index in [1.54, 1.807) is 16.8 Å². The van der Waals surface area contributed by atoms with E-state index >= 15 is 0 Å². The van der Waals surface area contributed by atoms with Crippen LogP contribution in [0.2, 0.25) is 5.02 Å². The summed E-state index contributed by atoms with van der Waals surface area (Å²) in [5.74, 6) is 2.28. The van der Waals surface area contributed by atoms with E-state index in [4.69, 9.17) is 25.8 Å². The van der Waals surface area contributed by atoms with Gasteiger partial charge in [0.1, 0.15) is 25.3 Å². The zero-order valence-electron chi connectivity index (χ0n) is 16.4. The summed E-state index contributed by atoms with van der Waals surface area (Å²) in [6.45, 7) is 3.12. The van der Waals surface area contributed by atoms with Crippen molar-refractivity contribution in [1.82, 2.24) is 14.8 Å². The Morgan fingerprint density at radius 1 is 1.10 bits per heavy atom. The third-order valence-corrected chi connectivity index (χ3v) is 4.83. The number of ether oxygens (including phenoxy) is 3. The van der Waals surface area contributed by atoms with Crippen molar-refractivity contribution in [2.24, 2.45) is 0 Å². The van der Waals surface area contributed by atoms with Crippen LogP contribution in [0.3, 0.4) is 0 Å². The van der Waals surface area contributed by atoms with E-state index in [-0.39, 0.29) is 18.4 Å². The second kappa shape index (κ2) is 9.04. The first-order valence-corrected chi connectivity index (χ1v) is 9.99. The monoisotopic (exact) mass is 428 g/mol. The molecule has 1 N–H and O–H groups in total. The number of anilines is 1. The third-order valence-electron chi connectivity index (χ3n) is 4.57. The number of carbonyl (C=O) groups excluding carboxylic acids is 1. The van der Waals surface area contributed by atoms with Gasteiger partial charge in [0, 0.05) is 5.02 Å². The first-order valence-electron chi connectivity index (χ1n) is 9.61. The second-order valence-corrected chi connectivity index (χ2v) is 7.02. The molecule has 0 radical (unpaired) electrons. The SMILES string of the molecule is CCOc1cc([C@@H]2CC(=O)Nc3ncnn32)ccc1OCCOc1ccc(Cl)cc1. The summed E-state index contributed by atoms with van der Waals surface area (Å²) >= 11 is 5.87. The predicted molar refractivity (Wildman–Crippen MR) is 111 cm³/mol. The molecule has 1 aromatic heterocycles. The standard InChI is InChI=1S/C21H21ClN4O4/c1-2-28-19-11-14(17-12-20(27)25-21-23-13-24-26(17)21)3-8-18(19)30-10-9-29-16-6-4-15(22)5-7-16/h3-8,11,13,17H,2,9-10,12H2,1H3,(H,23,24,25,27)/t17-/m0/s1. The van der Waals surface area contributed by atoms with Gasteiger partial charge in [0.25, 0.3) is 0 Å². The van der Waals surface area contributed by atoms with Crippen molar-refractivity contribution in [3.05, 3.63) is 59.4 Å². The molecule has 0 spiro atoms. The number of amides is 1. The normalized spacial score (nSPS) is 15.3. The number of nitrogens with zero attached hydrogens (tertiary/aromatic N) is 3. The fourth-order valence-electron chi connectivity index (χ4n) is 3.23. The summed E-state index contributed by atoms with van der Waals surface area (Å²) in [5.41, 5.74) is 0.893. The summed E-state index contributed by atoms with van der Waals surface area (Å²) < 4.78 is 19.0. The van der Waals surface area contributed by atoms with Gasteiger partial charge in [-0.2, -0.15) is 10.1 Å². The molecule has 30 heavy (non-hydrogen) atoms. The highest BCUT2D eigenvalue weighted by molar-refractivity contribution is 6.30. The second-order valence-electron chi connectivity index (χ2n) is 6.59. The fourth-order valence-corrected chi connectivity index (χ4v) is 3.35. The Bertz CT molecular complexity index is 1020. The summed E-state index contributed by atoms with van der Waals surface area (Å²) in [6.07, 6.45) is 1.70. The van der Waals surface area contributed by atoms with Crippen LogP contribution in [-0.4, -0.2) is 40.5 Å². The molecule has 0 bridgehead atoms. The van der Waals surface area contributed by atoms with E-state index in [0.717, 1.165) is 11.3 Å². The smallest absolute Gasteiger partial charge is 0.229 e. The summed E-state index contributed by atoms with van der Waals surface area (Å²) in [6, 6.07) is 12.5. The highest BCUT2D eigenvalue weighted by Gasteiger charge is 2.28. The number of fused-ring (bicyclic) bond motifs is 1. The Morgan fingerprint density at radius 2 is 1.90 bits per heavy atom. The molecule has 0 fully saturated rings. The molecule has 2 aromatic carbocycles. The maximum atomic E-state index is 12.0. The van der Waals surface area contributed by atoms with Crippen LogP contribution < -0.4 is 19.5 Å². The van der Waals surface area contributed by atoms with Crippen LogP contribution in [0.1, 0.15) is 24.9 Å². The number of nitrogens with one attached hydrogen (secondary N) is 1. The Hall–Kier alpha value is -3.26. The van der Waals surface area contributed by atoms with E-state index in [1.807, 2.05) is 37.3 Å². The summed E-state index contributed by atoms with van der Waals surface area (Å²) in [7, 11) is 0. The zero-order valence-corrected chi connectivity index (χ0v) is 17.1. The van der Waals surface area contributed by atoms with Crippen molar-refractivity contribution >= 4 is 23.5 Å². The number of aromatic nitrogens is 3. The predicted octanol–water partition coefficient (Wildman–Crippen LogP) is 3.72. The van der Waals surface area contributed by atoms with Crippen molar-refractivity contribution in [1.29, 1.82) is 0 Å². The lowest BCUT2D eigenvalue weighted by molar-refractivity contribution is -0.117. The Balaban J connectivity index is 1.44. The first kappa shape index (κ1) is 20.0. The number of carbonyl (C=O) groups is 1. The van der Waals surface area contributed by atoms with E-state index in [2.05, 4.69) is 15.4 Å². The van der Waals surface area contributed by atoms with Gasteiger partial charge in [-0.3, -0.25) is 10.1 Å². The molecular formula is C21H21ClN4O4. The molecule has 0 unspecified atom stereocenters. The zero-order chi connectivity index (χ0) is 20.9. The van der Waals surface area contributed by atoms with Gasteiger partial charge in [0.05, 0.1) is 19.1 Å². The fraction of sp³-hybridized carbons (Fsp3) is 0.286. The van der Waals surface area contributed by atoms with Crippen molar-refractivity contribution in [3.63, 3.8) is 0 Å². The van der Waals surface area contributed by atoms with E-state index in [1.165, 1.54) is 6.33 Å². The molecule has 1 aliphatic rings. The quantitative estimate of drug-likeness (QED) is 0.550. The maximum Gasteiger partial charge on any atom is 0.229 e. The minimum Gasteiger partial charge on any atom is -0.490 e. The van der Waals surface area contributed by atoms with Gasteiger partial charge < -0.3 is 14.2 Å². The molecule has 0 aliphatic carbocycles. The number of benzene rings is 2. The van der Waals surface area contributed by atoms with Crippen molar-refractivity contribution < 1.29 is 19.0 Å². The van der Waals surface area contributed by atoms with Gasteiger partial charge in [-0.25, -0.2) is 4.68 Å². The molecule has 8 nitrogen and oxygen atoms in total. The van der Waals surface area contributed by atoms with Crippen LogP contribution in [0.15, 0.2) is 48.8 Å². The van der Waals surface area contributed by atoms with Crippen molar-refractivity contribution in [3.8, 4) is 17.2 Å². The van der Waals surface area contributed by atoms with Gasteiger partial charge in [-0.15, -0.1) is 0 Å². The average molecular weight is 429 g/mol. The number of halogens is 1. The Labute approximate surface area is 178 Å². The molecule has 3 aromatic rings. The Morgan fingerprint density at radius 3 is 2.70 bits per heavy atom. The molecule has 156 valence electrons. The van der Waals surface area contributed by atoms with Crippen LogP contribution in [0, 0.1) is 0 Å². The number of hydrogen-bond acceptors (Lipinski definition) is 6. The molecule has 1 atom stereocenters. The summed E-state index contributed by atoms with van der Waals surface area (Å²) in [4.78, 5) is 16.1. The molecular weight excluding hydrogens is 408 g/mol. The molecule has 9 heteroatoms. The van der Waals surface area contributed by atoms with E-state index in [0.29, 0.717) is 42.3 Å². The molecule has 2 heterocycles. The topological polar surface area (TPSA) is 87.5 Å². The first-order chi connectivity index (χ1) is 14.6. The molecule has 0 saturated heterocycles. The summed E-state index contributed by atoms with van der Waals surface area (Å²) in [5, 5.41) is 7.61. The van der Waals surface area contributed by atoms with Crippen LogP contribution in [0.25, 0.3) is 0 Å². The van der Waals surface area contributed by atoms with Crippen LogP contribution in [-0.2, 0) is 4.79 Å². The average Bonchev–Trinajstić information content (AvgIpc) is 3.21. The van der Waals surface area contributed by atoms with E-state index < -0.39 is 0 Å². The lowest BCUT2D eigenvalue weighted by atomic mass is 10.0. The highest BCUT2D eigenvalue weighted by Crippen LogP contribution is 2.35. The molecule has 1 amide bonds. The van der Waals surface area contributed by atoms with E-state index in [9.17, 15) is 4.79 Å². The lowest BCUT2D eigenvalue weighted by Gasteiger charge is -2.24. The van der Waals surface area contributed by atoms with Crippen LogP contribution in [0.5, 0.6) is 17.2 Å². The number of rotatable bonds is 8. The third kappa shape index (κ3) is 4.49. The van der Waals surface area contributed by atoms with Gasteiger partial charge in [0.2, 0.25) is 11.9 Å². The van der Waals surface area contributed by atoms with Gasteiger partial charge >= 0.3 is 0 Å². The maximum absolute atomic E-state index is 12.0. The van der Waals surface area contributed by atoms with Crippen LogP contribution >= 0.6 is 11.6 Å².